The van der Waals surface area contributed by atoms with Gasteiger partial charge < -0.3 is 9.32 Å². The quantitative estimate of drug-likeness (QED) is 0.806. The molecule has 1 aromatic heterocycles. The van der Waals surface area contributed by atoms with E-state index in [4.69, 9.17) is 4.42 Å². The fourth-order valence-corrected chi connectivity index (χ4v) is 3.82. The molecule has 1 atom stereocenters. The van der Waals surface area contributed by atoms with Crippen LogP contribution in [0.15, 0.2) is 33.6 Å². The molecule has 1 aromatic carbocycles. The molecule has 26 heavy (non-hydrogen) atoms. The first-order valence-electron chi connectivity index (χ1n) is 8.45. The van der Waals surface area contributed by atoms with Gasteiger partial charge in [-0.25, -0.2) is 12.7 Å². The average molecular weight is 378 g/mol. The van der Waals surface area contributed by atoms with Gasteiger partial charge in [-0.2, -0.15) is 0 Å². The van der Waals surface area contributed by atoms with Crippen molar-refractivity contribution in [3.8, 4) is 11.5 Å². The molecule has 1 amide bonds. The van der Waals surface area contributed by atoms with Crippen molar-refractivity contribution in [2.45, 2.75) is 24.7 Å². The highest BCUT2D eigenvalue weighted by Gasteiger charge is 2.26. The van der Waals surface area contributed by atoms with E-state index in [0.717, 1.165) is 17.1 Å². The minimum Gasteiger partial charge on any atom is -0.412 e. The molecule has 1 fully saturated rings. The lowest BCUT2D eigenvalue weighted by Gasteiger charge is -2.29. The highest BCUT2D eigenvalue weighted by Crippen LogP contribution is 2.23. The van der Waals surface area contributed by atoms with Gasteiger partial charge in [0.2, 0.25) is 15.9 Å². The second-order valence-corrected chi connectivity index (χ2v) is 8.87. The molecule has 0 bridgehead atoms. The number of piperidine rings is 1. The Kier molecular flexibility index (Phi) is 5.10. The first-order valence-corrected chi connectivity index (χ1v) is 9.89. The fraction of sp³-hybridized carbons (Fsp3) is 0.471. The highest BCUT2D eigenvalue weighted by molar-refractivity contribution is 7.89. The summed E-state index contributed by atoms with van der Waals surface area (Å²) in [6.45, 7) is 3.49. The number of amides is 1. The zero-order chi connectivity index (χ0) is 18.9. The van der Waals surface area contributed by atoms with Crippen molar-refractivity contribution in [3.63, 3.8) is 0 Å². The summed E-state index contributed by atoms with van der Waals surface area (Å²) >= 11 is 0. The maximum Gasteiger partial charge on any atom is 0.311 e. The van der Waals surface area contributed by atoms with Gasteiger partial charge in [0.25, 0.3) is 0 Å². The monoisotopic (exact) mass is 378 g/mol. The number of carbonyl (C=O) groups excluding carboxylic acids is 1. The van der Waals surface area contributed by atoms with Crippen LogP contribution in [-0.2, 0) is 10.0 Å². The number of carbonyl (C=O) groups is 1. The molecule has 0 radical (unpaired) electrons. The maximum atomic E-state index is 12.5. The highest BCUT2D eigenvalue weighted by atomic mass is 32.2. The minimum atomic E-state index is -3.50. The molecule has 140 valence electrons. The van der Waals surface area contributed by atoms with Gasteiger partial charge in [-0.1, -0.05) is 6.92 Å². The molecule has 1 aliphatic rings. The predicted molar refractivity (Wildman–Crippen MR) is 94.9 cm³/mol. The van der Waals surface area contributed by atoms with E-state index in [-0.39, 0.29) is 22.6 Å². The summed E-state index contributed by atoms with van der Waals surface area (Å²) < 4.78 is 30.9. The van der Waals surface area contributed by atoms with Crippen molar-refractivity contribution in [2.24, 2.45) is 5.92 Å². The summed E-state index contributed by atoms with van der Waals surface area (Å²) in [4.78, 5) is 14.4. The van der Waals surface area contributed by atoms with Crippen LogP contribution in [0, 0.1) is 5.92 Å². The summed E-state index contributed by atoms with van der Waals surface area (Å²) in [5.74, 6) is 0.342. The van der Waals surface area contributed by atoms with Crippen molar-refractivity contribution >= 4 is 15.9 Å². The van der Waals surface area contributed by atoms with Gasteiger partial charge >= 0.3 is 11.8 Å². The zero-order valence-corrected chi connectivity index (χ0v) is 15.9. The van der Waals surface area contributed by atoms with Crippen LogP contribution in [-0.4, -0.2) is 60.9 Å². The number of sulfonamides is 1. The number of nitrogens with zero attached hydrogens (tertiary/aromatic N) is 4. The lowest BCUT2D eigenvalue weighted by molar-refractivity contribution is 0.0643. The predicted octanol–water partition coefficient (Wildman–Crippen LogP) is 1.86. The van der Waals surface area contributed by atoms with E-state index in [2.05, 4.69) is 17.1 Å². The van der Waals surface area contributed by atoms with E-state index in [1.54, 1.807) is 17.0 Å². The van der Waals surface area contributed by atoms with E-state index in [1.807, 2.05) is 0 Å². The molecule has 3 rings (SSSR count). The Hall–Kier alpha value is -2.26. The lowest BCUT2D eigenvalue weighted by atomic mass is 10.0. The molecular formula is C17H22N4O4S. The number of aromatic nitrogens is 2. The lowest BCUT2D eigenvalue weighted by Crippen LogP contribution is -2.39. The van der Waals surface area contributed by atoms with Gasteiger partial charge in [0.05, 0.1) is 4.90 Å². The Labute approximate surface area is 152 Å². The average Bonchev–Trinajstić information content (AvgIpc) is 3.11. The summed E-state index contributed by atoms with van der Waals surface area (Å²) in [5.41, 5.74) is 0.557. The molecule has 1 saturated heterocycles. The van der Waals surface area contributed by atoms with E-state index in [0.29, 0.717) is 24.6 Å². The van der Waals surface area contributed by atoms with Crippen LogP contribution in [0.3, 0.4) is 0 Å². The van der Waals surface area contributed by atoms with Crippen molar-refractivity contribution < 1.29 is 17.6 Å². The topological polar surface area (TPSA) is 96.6 Å². The van der Waals surface area contributed by atoms with Crippen molar-refractivity contribution in [3.05, 3.63) is 30.2 Å². The van der Waals surface area contributed by atoms with Crippen LogP contribution < -0.4 is 0 Å². The third-order valence-corrected chi connectivity index (χ3v) is 6.26. The molecule has 2 aromatic rings. The van der Waals surface area contributed by atoms with Crippen LogP contribution in [0.25, 0.3) is 11.5 Å². The van der Waals surface area contributed by atoms with Crippen molar-refractivity contribution in [2.75, 3.05) is 27.2 Å². The van der Waals surface area contributed by atoms with Gasteiger partial charge in [0, 0.05) is 32.7 Å². The molecule has 0 spiro atoms. The molecule has 0 aliphatic carbocycles. The van der Waals surface area contributed by atoms with Gasteiger partial charge in [0.1, 0.15) is 0 Å². The summed E-state index contributed by atoms with van der Waals surface area (Å²) in [6.07, 6.45) is 2.08. The first-order chi connectivity index (χ1) is 12.3. The molecule has 8 nitrogen and oxygen atoms in total. The largest absolute Gasteiger partial charge is 0.412 e. The van der Waals surface area contributed by atoms with Crippen molar-refractivity contribution in [1.82, 2.24) is 19.4 Å². The fourth-order valence-electron chi connectivity index (χ4n) is 2.92. The third kappa shape index (κ3) is 3.63. The molecular weight excluding hydrogens is 356 g/mol. The Bertz CT molecular complexity index is 890. The van der Waals surface area contributed by atoms with Crippen LogP contribution in [0.2, 0.25) is 0 Å². The minimum absolute atomic E-state index is 0.0425. The van der Waals surface area contributed by atoms with E-state index in [1.165, 1.54) is 26.2 Å². The van der Waals surface area contributed by atoms with E-state index >= 15 is 0 Å². The number of benzene rings is 1. The summed E-state index contributed by atoms with van der Waals surface area (Å²) in [7, 11) is -0.552. The SMILES string of the molecule is C[C@H]1CCCN(C(=O)c2nnc(-c3ccc(S(=O)(=O)N(C)C)cc3)o2)C1. The Morgan fingerprint density at radius 2 is 1.92 bits per heavy atom. The molecule has 1 aliphatic heterocycles. The number of likely N-dealkylation sites (tertiary alicyclic amines) is 1. The van der Waals surface area contributed by atoms with Gasteiger partial charge in [0.15, 0.2) is 0 Å². The van der Waals surface area contributed by atoms with Crippen LogP contribution in [0.5, 0.6) is 0 Å². The zero-order valence-electron chi connectivity index (χ0n) is 15.0. The number of hydrogen-bond acceptors (Lipinski definition) is 6. The van der Waals surface area contributed by atoms with Crippen molar-refractivity contribution in [1.29, 1.82) is 0 Å². The molecule has 0 saturated carbocycles. The van der Waals surface area contributed by atoms with Gasteiger partial charge in [-0.05, 0) is 43.0 Å². The normalized spacial score (nSPS) is 18.3. The molecule has 9 heteroatoms. The third-order valence-electron chi connectivity index (χ3n) is 4.43. The van der Waals surface area contributed by atoms with Crippen LogP contribution >= 0.6 is 0 Å². The van der Waals surface area contributed by atoms with Crippen LogP contribution in [0.1, 0.15) is 30.5 Å². The number of hydrogen-bond donors (Lipinski definition) is 0. The second-order valence-electron chi connectivity index (χ2n) is 6.72. The Morgan fingerprint density at radius 3 is 2.54 bits per heavy atom. The first kappa shape index (κ1) is 18.5. The van der Waals surface area contributed by atoms with E-state index in [9.17, 15) is 13.2 Å². The molecule has 0 N–H and O–H groups in total. The Morgan fingerprint density at radius 1 is 1.23 bits per heavy atom. The molecule has 0 unspecified atom stereocenters. The Balaban J connectivity index is 1.78. The maximum absolute atomic E-state index is 12.5. The summed E-state index contributed by atoms with van der Waals surface area (Å²) in [6, 6.07) is 6.12. The molecule has 2 heterocycles. The summed E-state index contributed by atoms with van der Waals surface area (Å²) in [5, 5.41) is 7.78. The standard InChI is InChI=1S/C17H22N4O4S/c1-12-5-4-10-21(11-12)17(22)16-19-18-15(25-16)13-6-8-14(9-7-13)26(23,24)20(2)3/h6-9,12H,4-5,10-11H2,1-3H3/t12-/m0/s1. The second kappa shape index (κ2) is 7.16. The van der Waals surface area contributed by atoms with E-state index < -0.39 is 10.0 Å². The van der Waals surface area contributed by atoms with Gasteiger partial charge in [-0.15, -0.1) is 10.2 Å². The van der Waals surface area contributed by atoms with Gasteiger partial charge in [-0.3, -0.25) is 4.79 Å². The van der Waals surface area contributed by atoms with Crippen LogP contribution in [0.4, 0.5) is 0 Å². The number of rotatable bonds is 4. The smallest absolute Gasteiger partial charge is 0.311 e.